The number of hydrogen-bond acceptors (Lipinski definition) is 5. The summed E-state index contributed by atoms with van der Waals surface area (Å²) in [6.45, 7) is -0.0800. The average Bonchev–Trinajstić information content (AvgIpc) is 2.78. The standard InChI is InChI=1S/C12H12ClN3O2S/c1-15(2)8-5-12(18)16(14-6-8)7-9(17)10-3-4-11(13)19-10/h3-6H,7H2,1-2H3. The van der Waals surface area contributed by atoms with Crippen LogP contribution in [0.4, 0.5) is 5.69 Å². The molecule has 0 N–H and O–H groups in total. The van der Waals surface area contributed by atoms with Crippen molar-refractivity contribution in [1.29, 1.82) is 0 Å². The summed E-state index contributed by atoms with van der Waals surface area (Å²) in [7, 11) is 3.64. The number of thiophene rings is 1. The molecular weight excluding hydrogens is 286 g/mol. The van der Waals surface area contributed by atoms with Crippen LogP contribution in [-0.4, -0.2) is 29.7 Å². The number of carbonyl (C=O) groups is 1. The van der Waals surface area contributed by atoms with Gasteiger partial charge in [0.05, 0.1) is 21.1 Å². The summed E-state index contributed by atoms with van der Waals surface area (Å²) in [4.78, 5) is 26.1. The van der Waals surface area contributed by atoms with Crippen molar-refractivity contribution in [2.45, 2.75) is 6.54 Å². The van der Waals surface area contributed by atoms with Crippen LogP contribution in [0.2, 0.25) is 4.34 Å². The number of ketones is 1. The molecule has 0 aliphatic rings. The molecule has 5 nitrogen and oxygen atoms in total. The highest BCUT2D eigenvalue weighted by molar-refractivity contribution is 7.18. The second kappa shape index (κ2) is 5.54. The van der Waals surface area contributed by atoms with Crippen LogP contribution in [0, 0.1) is 0 Å². The summed E-state index contributed by atoms with van der Waals surface area (Å²) in [5.41, 5.74) is 0.398. The SMILES string of the molecule is CN(C)c1cnn(CC(=O)c2ccc(Cl)s2)c(=O)c1. The van der Waals surface area contributed by atoms with Crippen molar-refractivity contribution < 1.29 is 4.79 Å². The first-order valence-electron chi connectivity index (χ1n) is 5.50. The molecule has 0 unspecified atom stereocenters. The molecule has 0 aliphatic carbocycles. The summed E-state index contributed by atoms with van der Waals surface area (Å²) >= 11 is 6.96. The lowest BCUT2D eigenvalue weighted by atomic mass is 10.3. The highest BCUT2D eigenvalue weighted by Crippen LogP contribution is 2.21. The molecule has 2 heterocycles. The van der Waals surface area contributed by atoms with Gasteiger partial charge < -0.3 is 4.90 Å². The monoisotopic (exact) mass is 297 g/mol. The van der Waals surface area contributed by atoms with Crippen molar-refractivity contribution >= 4 is 34.4 Å². The van der Waals surface area contributed by atoms with E-state index >= 15 is 0 Å². The van der Waals surface area contributed by atoms with E-state index in [1.807, 2.05) is 14.1 Å². The average molecular weight is 298 g/mol. The largest absolute Gasteiger partial charge is 0.376 e. The number of halogens is 1. The van der Waals surface area contributed by atoms with E-state index in [0.717, 1.165) is 4.68 Å². The third-order valence-electron chi connectivity index (χ3n) is 2.51. The van der Waals surface area contributed by atoms with Crippen LogP contribution < -0.4 is 10.5 Å². The summed E-state index contributed by atoms with van der Waals surface area (Å²) < 4.78 is 1.69. The van der Waals surface area contributed by atoms with E-state index in [4.69, 9.17) is 11.6 Å². The molecule has 2 aromatic rings. The van der Waals surface area contributed by atoms with Crippen LogP contribution in [0.25, 0.3) is 0 Å². The molecule has 19 heavy (non-hydrogen) atoms. The normalized spacial score (nSPS) is 10.5. The Labute approximate surface area is 119 Å². The molecule has 7 heteroatoms. The van der Waals surface area contributed by atoms with Gasteiger partial charge in [-0.15, -0.1) is 11.3 Å². The zero-order valence-electron chi connectivity index (χ0n) is 10.5. The molecule has 0 aliphatic heterocycles. The van der Waals surface area contributed by atoms with Gasteiger partial charge >= 0.3 is 0 Å². The van der Waals surface area contributed by atoms with Crippen molar-refractivity contribution in [2.75, 3.05) is 19.0 Å². The van der Waals surface area contributed by atoms with E-state index < -0.39 is 0 Å². The van der Waals surface area contributed by atoms with Crippen LogP contribution in [0.15, 0.2) is 29.2 Å². The Bertz CT molecular complexity index is 663. The Kier molecular flexibility index (Phi) is 4.01. The van der Waals surface area contributed by atoms with Gasteiger partial charge in [-0.2, -0.15) is 5.10 Å². The Hall–Kier alpha value is -1.66. The van der Waals surface area contributed by atoms with Crippen molar-refractivity contribution in [3.05, 3.63) is 44.0 Å². The molecule has 0 saturated carbocycles. The smallest absolute Gasteiger partial charge is 0.269 e. The summed E-state index contributed by atoms with van der Waals surface area (Å²) in [6, 6.07) is 4.75. The van der Waals surface area contributed by atoms with Crippen LogP contribution >= 0.6 is 22.9 Å². The lowest BCUT2D eigenvalue weighted by Gasteiger charge is -2.11. The van der Waals surface area contributed by atoms with Gasteiger partial charge in [-0.05, 0) is 12.1 Å². The zero-order chi connectivity index (χ0) is 14.0. The first kappa shape index (κ1) is 13.8. The van der Waals surface area contributed by atoms with Gasteiger partial charge in [0, 0.05) is 20.2 Å². The first-order chi connectivity index (χ1) is 8.97. The molecule has 0 atom stereocenters. The van der Waals surface area contributed by atoms with Gasteiger partial charge in [0.25, 0.3) is 5.56 Å². The molecule has 100 valence electrons. The molecule has 0 amide bonds. The zero-order valence-corrected chi connectivity index (χ0v) is 12.0. The van der Waals surface area contributed by atoms with E-state index in [2.05, 4.69) is 5.10 Å². The van der Waals surface area contributed by atoms with Crippen molar-refractivity contribution in [3.8, 4) is 0 Å². The van der Waals surface area contributed by atoms with Crippen LogP contribution in [0.3, 0.4) is 0 Å². The molecule has 0 saturated heterocycles. The van der Waals surface area contributed by atoms with Crippen LogP contribution in [0.5, 0.6) is 0 Å². The number of nitrogens with zero attached hydrogens (tertiary/aromatic N) is 3. The van der Waals surface area contributed by atoms with Gasteiger partial charge in [-0.25, -0.2) is 4.68 Å². The molecule has 0 spiro atoms. The Morgan fingerprint density at radius 1 is 1.47 bits per heavy atom. The number of anilines is 1. The Balaban J connectivity index is 2.20. The number of rotatable bonds is 4. The van der Waals surface area contributed by atoms with Gasteiger partial charge in [-0.3, -0.25) is 9.59 Å². The maximum absolute atomic E-state index is 11.9. The predicted molar refractivity (Wildman–Crippen MR) is 76.5 cm³/mol. The molecule has 0 bridgehead atoms. The number of aromatic nitrogens is 2. The number of Topliss-reactive ketones (excluding diaryl/α,β-unsaturated/α-hetero) is 1. The van der Waals surface area contributed by atoms with Crippen molar-refractivity contribution in [1.82, 2.24) is 9.78 Å². The van der Waals surface area contributed by atoms with Crippen LogP contribution in [-0.2, 0) is 6.54 Å². The van der Waals surface area contributed by atoms with E-state index in [0.29, 0.717) is 14.9 Å². The maximum Gasteiger partial charge on any atom is 0.269 e. The molecule has 0 radical (unpaired) electrons. The highest BCUT2D eigenvalue weighted by Gasteiger charge is 2.11. The lowest BCUT2D eigenvalue weighted by Crippen LogP contribution is -2.27. The fourth-order valence-electron chi connectivity index (χ4n) is 1.47. The Morgan fingerprint density at radius 2 is 2.21 bits per heavy atom. The minimum atomic E-state index is -0.304. The van der Waals surface area contributed by atoms with Gasteiger partial charge in [-0.1, -0.05) is 11.6 Å². The van der Waals surface area contributed by atoms with E-state index in [9.17, 15) is 9.59 Å². The number of carbonyl (C=O) groups excluding carboxylic acids is 1. The maximum atomic E-state index is 11.9. The van der Waals surface area contributed by atoms with Crippen LogP contribution in [0.1, 0.15) is 9.67 Å². The second-order valence-electron chi connectivity index (χ2n) is 4.13. The molecule has 2 rings (SSSR count). The van der Waals surface area contributed by atoms with Gasteiger partial charge in [0.15, 0.2) is 5.78 Å². The van der Waals surface area contributed by atoms with Crippen molar-refractivity contribution in [3.63, 3.8) is 0 Å². The third-order valence-corrected chi connectivity index (χ3v) is 3.79. The van der Waals surface area contributed by atoms with Crippen molar-refractivity contribution in [2.24, 2.45) is 0 Å². The van der Waals surface area contributed by atoms with E-state index in [-0.39, 0.29) is 17.9 Å². The minimum absolute atomic E-state index is 0.0800. The highest BCUT2D eigenvalue weighted by atomic mass is 35.5. The van der Waals surface area contributed by atoms with E-state index in [1.54, 1.807) is 23.2 Å². The summed E-state index contributed by atoms with van der Waals surface area (Å²) in [5, 5.41) is 3.99. The lowest BCUT2D eigenvalue weighted by molar-refractivity contribution is 0.0969. The fraction of sp³-hybridized carbons (Fsp3) is 0.250. The molecule has 2 aromatic heterocycles. The second-order valence-corrected chi connectivity index (χ2v) is 5.85. The van der Waals surface area contributed by atoms with E-state index in [1.165, 1.54) is 17.4 Å². The van der Waals surface area contributed by atoms with Gasteiger partial charge in [0.1, 0.15) is 6.54 Å². The first-order valence-corrected chi connectivity index (χ1v) is 6.70. The Morgan fingerprint density at radius 3 is 2.74 bits per heavy atom. The fourth-order valence-corrected chi connectivity index (χ4v) is 2.44. The quantitative estimate of drug-likeness (QED) is 0.809. The molecule has 0 aromatic carbocycles. The summed E-state index contributed by atoms with van der Waals surface area (Å²) in [5.74, 6) is -0.177. The summed E-state index contributed by atoms with van der Waals surface area (Å²) in [6.07, 6.45) is 1.55. The predicted octanol–water partition coefficient (Wildman–Crippen LogP) is 1.91. The molecule has 0 fully saturated rings. The number of hydrogen-bond donors (Lipinski definition) is 0. The third kappa shape index (κ3) is 3.21. The molecular formula is C12H12ClN3O2S. The minimum Gasteiger partial charge on any atom is -0.376 e. The topological polar surface area (TPSA) is 55.2 Å². The van der Waals surface area contributed by atoms with Gasteiger partial charge in [0.2, 0.25) is 0 Å².